The number of hydrogen-bond acceptors (Lipinski definition) is 0. The largest absolute Gasteiger partial charge is 0.0836 e. The van der Waals surface area contributed by atoms with Crippen LogP contribution >= 0.6 is 0 Å². The number of allylic oxidation sites excluding steroid dienone is 4. The Bertz CT molecular complexity index is 990. The summed E-state index contributed by atoms with van der Waals surface area (Å²) < 4.78 is 0. The molecule has 0 aliphatic heterocycles. The van der Waals surface area contributed by atoms with Crippen LogP contribution in [-0.4, -0.2) is 0 Å². The Morgan fingerprint density at radius 3 is 2.28 bits per heavy atom. The first-order valence-electron chi connectivity index (χ1n) is 9.03. The fraction of sp³-hybridized carbons (Fsp3) is 0.120. The lowest BCUT2D eigenvalue weighted by Gasteiger charge is -2.14. The Kier molecular flexibility index (Phi) is 3.41. The topological polar surface area (TPSA) is 0 Å². The SMILES string of the molecule is C1=CCC(c2ccc3c(c2)Cc2cc(-c4ccccc4)ccc2-3)C=C1. The summed E-state index contributed by atoms with van der Waals surface area (Å²) in [5, 5.41) is 0. The standard InChI is InChI=1S/C25H20/c1-3-7-18(8-4-1)20-11-13-24-22(15-20)17-23-16-21(12-14-25(23)24)19-9-5-2-6-10-19/h1-9,11-16,19H,10,17H2. The zero-order valence-electron chi connectivity index (χ0n) is 14.2. The van der Waals surface area contributed by atoms with E-state index in [1.165, 1.54) is 38.9 Å². The molecule has 0 heteroatoms. The third-order valence-electron chi connectivity index (χ3n) is 5.42. The molecule has 0 amide bonds. The average Bonchev–Trinajstić information content (AvgIpc) is 3.06. The van der Waals surface area contributed by atoms with E-state index < -0.39 is 0 Å². The minimum Gasteiger partial charge on any atom is -0.0836 e. The van der Waals surface area contributed by atoms with Crippen LogP contribution < -0.4 is 0 Å². The molecule has 0 heterocycles. The molecule has 0 N–H and O–H groups in total. The minimum absolute atomic E-state index is 0.527. The highest BCUT2D eigenvalue weighted by molar-refractivity contribution is 5.80. The van der Waals surface area contributed by atoms with Gasteiger partial charge in [-0.3, -0.25) is 0 Å². The Labute approximate surface area is 149 Å². The Morgan fingerprint density at radius 2 is 1.48 bits per heavy atom. The van der Waals surface area contributed by atoms with E-state index in [0.29, 0.717) is 5.92 Å². The van der Waals surface area contributed by atoms with Crippen molar-refractivity contribution in [1.29, 1.82) is 0 Å². The van der Waals surface area contributed by atoms with Crippen LogP contribution in [0.4, 0.5) is 0 Å². The second-order valence-corrected chi connectivity index (χ2v) is 6.99. The molecule has 0 fully saturated rings. The summed E-state index contributed by atoms with van der Waals surface area (Å²) in [6.45, 7) is 0. The molecule has 0 spiro atoms. The second-order valence-electron chi connectivity index (χ2n) is 6.99. The highest BCUT2D eigenvalue weighted by atomic mass is 14.2. The third kappa shape index (κ3) is 2.55. The van der Waals surface area contributed by atoms with E-state index in [1.54, 1.807) is 0 Å². The van der Waals surface area contributed by atoms with Crippen LogP contribution in [0.1, 0.15) is 29.0 Å². The minimum atomic E-state index is 0.527. The normalized spacial score (nSPS) is 17.4. The Hall–Kier alpha value is -2.86. The van der Waals surface area contributed by atoms with E-state index in [9.17, 15) is 0 Å². The first-order valence-corrected chi connectivity index (χ1v) is 9.03. The summed E-state index contributed by atoms with van der Waals surface area (Å²) in [6, 6.07) is 24.6. The lowest BCUT2D eigenvalue weighted by Crippen LogP contribution is -1.97. The van der Waals surface area contributed by atoms with Gasteiger partial charge in [-0.05, 0) is 51.8 Å². The summed E-state index contributed by atoms with van der Waals surface area (Å²) in [4.78, 5) is 0. The molecule has 0 bridgehead atoms. The number of fused-ring (bicyclic) bond motifs is 3. The zero-order chi connectivity index (χ0) is 16.6. The van der Waals surface area contributed by atoms with E-state index in [4.69, 9.17) is 0 Å². The van der Waals surface area contributed by atoms with Crippen LogP contribution in [-0.2, 0) is 6.42 Å². The van der Waals surface area contributed by atoms with Gasteiger partial charge < -0.3 is 0 Å². The van der Waals surface area contributed by atoms with Gasteiger partial charge in [0.25, 0.3) is 0 Å². The van der Waals surface area contributed by atoms with Gasteiger partial charge in [0.2, 0.25) is 0 Å². The Balaban J connectivity index is 1.51. The molecule has 0 radical (unpaired) electrons. The van der Waals surface area contributed by atoms with Crippen LogP contribution in [0, 0.1) is 0 Å². The molecule has 0 nitrogen and oxygen atoms in total. The molecule has 2 aliphatic rings. The lowest BCUT2D eigenvalue weighted by molar-refractivity contribution is 0.852. The van der Waals surface area contributed by atoms with Crippen molar-refractivity contribution in [2.45, 2.75) is 18.8 Å². The molecule has 0 aromatic heterocycles. The van der Waals surface area contributed by atoms with Crippen LogP contribution in [0.25, 0.3) is 22.3 Å². The van der Waals surface area contributed by atoms with Crippen molar-refractivity contribution in [1.82, 2.24) is 0 Å². The number of rotatable bonds is 2. The lowest BCUT2D eigenvalue weighted by atomic mass is 9.90. The van der Waals surface area contributed by atoms with E-state index >= 15 is 0 Å². The van der Waals surface area contributed by atoms with Crippen molar-refractivity contribution >= 4 is 0 Å². The van der Waals surface area contributed by atoms with Crippen molar-refractivity contribution in [3.63, 3.8) is 0 Å². The van der Waals surface area contributed by atoms with Crippen molar-refractivity contribution in [3.05, 3.63) is 108 Å². The molecule has 25 heavy (non-hydrogen) atoms. The fourth-order valence-electron chi connectivity index (χ4n) is 4.10. The van der Waals surface area contributed by atoms with Gasteiger partial charge in [-0.2, -0.15) is 0 Å². The fourth-order valence-corrected chi connectivity index (χ4v) is 4.10. The second kappa shape index (κ2) is 5.89. The van der Waals surface area contributed by atoms with Gasteiger partial charge in [-0.1, -0.05) is 91.0 Å². The number of benzene rings is 3. The maximum Gasteiger partial charge on any atom is 0.00558 e. The molecule has 5 rings (SSSR count). The quantitative estimate of drug-likeness (QED) is 0.394. The van der Waals surface area contributed by atoms with Crippen molar-refractivity contribution in [2.75, 3.05) is 0 Å². The third-order valence-corrected chi connectivity index (χ3v) is 5.42. The molecule has 1 atom stereocenters. The first-order chi connectivity index (χ1) is 12.4. The van der Waals surface area contributed by atoms with Gasteiger partial charge in [0, 0.05) is 5.92 Å². The van der Waals surface area contributed by atoms with Gasteiger partial charge in [0.1, 0.15) is 0 Å². The molecule has 3 aromatic carbocycles. The van der Waals surface area contributed by atoms with Crippen molar-refractivity contribution in [2.24, 2.45) is 0 Å². The maximum atomic E-state index is 2.42. The highest BCUT2D eigenvalue weighted by Gasteiger charge is 2.20. The van der Waals surface area contributed by atoms with Gasteiger partial charge >= 0.3 is 0 Å². The molecule has 3 aromatic rings. The molecule has 0 saturated heterocycles. The molecule has 0 saturated carbocycles. The van der Waals surface area contributed by atoms with Crippen LogP contribution in [0.15, 0.2) is 91.0 Å². The molecule has 120 valence electrons. The predicted octanol–water partition coefficient (Wildman–Crippen LogP) is 6.52. The predicted molar refractivity (Wildman–Crippen MR) is 106 cm³/mol. The summed E-state index contributed by atoms with van der Waals surface area (Å²) in [5.74, 6) is 0.527. The van der Waals surface area contributed by atoms with Crippen molar-refractivity contribution in [3.8, 4) is 22.3 Å². The van der Waals surface area contributed by atoms with Crippen LogP contribution in [0.5, 0.6) is 0 Å². The number of hydrogen-bond donors (Lipinski definition) is 0. The van der Waals surface area contributed by atoms with E-state index in [1.807, 2.05) is 0 Å². The molecule has 1 unspecified atom stereocenters. The summed E-state index contributed by atoms with van der Waals surface area (Å²) in [6.07, 6.45) is 11.1. The molecule has 2 aliphatic carbocycles. The Morgan fingerprint density at radius 1 is 0.680 bits per heavy atom. The maximum absolute atomic E-state index is 2.42. The molecular weight excluding hydrogens is 300 g/mol. The van der Waals surface area contributed by atoms with Crippen LogP contribution in [0.3, 0.4) is 0 Å². The van der Waals surface area contributed by atoms with Gasteiger partial charge in [0.15, 0.2) is 0 Å². The van der Waals surface area contributed by atoms with Gasteiger partial charge in [0.05, 0.1) is 0 Å². The average molecular weight is 320 g/mol. The monoisotopic (exact) mass is 320 g/mol. The summed E-state index contributed by atoms with van der Waals surface area (Å²) in [7, 11) is 0. The van der Waals surface area contributed by atoms with E-state index in [0.717, 1.165) is 12.8 Å². The van der Waals surface area contributed by atoms with E-state index in [2.05, 4.69) is 91.0 Å². The summed E-state index contributed by atoms with van der Waals surface area (Å²) in [5.41, 5.74) is 9.78. The zero-order valence-corrected chi connectivity index (χ0v) is 14.2. The van der Waals surface area contributed by atoms with E-state index in [-0.39, 0.29) is 0 Å². The van der Waals surface area contributed by atoms with Crippen molar-refractivity contribution < 1.29 is 0 Å². The first kappa shape index (κ1) is 14.5. The highest BCUT2D eigenvalue weighted by Crippen LogP contribution is 2.40. The summed E-state index contributed by atoms with van der Waals surface area (Å²) >= 11 is 0. The van der Waals surface area contributed by atoms with Gasteiger partial charge in [-0.15, -0.1) is 0 Å². The molecular formula is C25H20. The smallest absolute Gasteiger partial charge is 0.00558 e. The van der Waals surface area contributed by atoms with Gasteiger partial charge in [-0.25, -0.2) is 0 Å². The van der Waals surface area contributed by atoms with Crippen LogP contribution in [0.2, 0.25) is 0 Å².